The minimum atomic E-state index is -4.54. The van der Waals surface area contributed by atoms with Gasteiger partial charge in [0, 0.05) is 24.8 Å². The van der Waals surface area contributed by atoms with Crippen LogP contribution < -0.4 is 25.8 Å². The summed E-state index contributed by atoms with van der Waals surface area (Å²) in [6.07, 6.45) is 3.22. The molecule has 3 heterocycles. The van der Waals surface area contributed by atoms with Crippen LogP contribution in [0.1, 0.15) is 36.8 Å². The molecule has 3 aromatic rings. The molecule has 1 aliphatic heterocycles. The van der Waals surface area contributed by atoms with Gasteiger partial charge in [0.2, 0.25) is 5.95 Å². The second-order valence-electron chi connectivity index (χ2n) is 8.55. The third kappa shape index (κ3) is 4.50. The Kier molecular flexibility index (Phi) is 6.33. The summed E-state index contributed by atoms with van der Waals surface area (Å²) in [5.74, 6) is 1.17. The van der Waals surface area contributed by atoms with E-state index in [9.17, 15) is 13.2 Å². The lowest BCUT2D eigenvalue weighted by Crippen LogP contribution is -2.19. The zero-order valence-corrected chi connectivity index (χ0v) is 19.6. The predicted octanol–water partition coefficient (Wildman–Crippen LogP) is 4.74. The first-order chi connectivity index (χ1) is 17.4. The highest BCUT2D eigenvalue weighted by Crippen LogP contribution is 2.43. The first kappa shape index (κ1) is 23.8. The average molecular weight is 502 g/mol. The number of benzene rings is 1. The lowest BCUT2D eigenvalue weighted by atomic mass is 10.1. The molecule has 1 fully saturated rings. The number of rotatable bonds is 6. The smallest absolute Gasteiger partial charge is 0.418 e. The molecule has 5 N–H and O–H groups in total. The number of hydrogen-bond acceptors (Lipinski definition) is 8. The van der Waals surface area contributed by atoms with Crippen LogP contribution in [0.2, 0.25) is 0 Å². The topological polar surface area (TPSA) is 122 Å². The Hall–Kier alpha value is -3.96. The SMILES string of the molecule is CN=C(C=CN)c1ccc(Nc2nc(NC3CCCC3)c3c(C(F)(F)F)c[nH]c3n2)c2c1OCCO2. The summed E-state index contributed by atoms with van der Waals surface area (Å²) in [5.41, 5.74) is 6.64. The van der Waals surface area contributed by atoms with Gasteiger partial charge in [0.1, 0.15) is 24.7 Å². The number of hydrogen-bond donors (Lipinski definition) is 4. The lowest BCUT2D eigenvalue weighted by Gasteiger charge is -2.24. The molecule has 12 heteroatoms. The van der Waals surface area contributed by atoms with Gasteiger partial charge in [0.05, 0.1) is 22.3 Å². The highest BCUT2D eigenvalue weighted by atomic mass is 19.4. The largest absolute Gasteiger partial charge is 0.485 e. The number of fused-ring (bicyclic) bond motifs is 2. The van der Waals surface area contributed by atoms with E-state index in [2.05, 4.69) is 30.6 Å². The summed E-state index contributed by atoms with van der Waals surface area (Å²) in [6, 6.07) is 3.61. The molecular formula is C24H26F3N7O2. The predicted molar refractivity (Wildman–Crippen MR) is 131 cm³/mol. The molecule has 1 aliphatic carbocycles. The minimum Gasteiger partial charge on any atom is -0.485 e. The molecule has 2 aliphatic rings. The molecule has 9 nitrogen and oxygen atoms in total. The Labute approximate surface area is 205 Å². The van der Waals surface area contributed by atoms with Crippen molar-refractivity contribution in [3.63, 3.8) is 0 Å². The number of nitrogens with one attached hydrogen (secondary N) is 3. The van der Waals surface area contributed by atoms with Crippen molar-refractivity contribution in [3.05, 3.63) is 41.7 Å². The van der Waals surface area contributed by atoms with Gasteiger partial charge in [0.25, 0.3) is 0 Å². The number of anilines is 3. The van der Waals surface area contributed by atoms with Crippen LogP contribution in [-0.2, 0) is 6.18 Å². The van der Waals surface area contributed by atoms with E-state index >= 15 is 0 Å². The molecule has 1 saturated carbocycles. The van der Waals surface area contributed by atoms with Crippen LogP contribution in [0, 0.1) is 0 Å². The molecule has 0 spiro atoms. The summed E-state index contributed by atoms with van der Waals surface area (Å²) in [7, 11) is 1.64. The van der Waals surface area contributed by atoms with Crippen LogP contribution in [0.4, 0.5) is 30.6 Å². The maximum absolute atomic E-state index is 13.7. The van der Waals surface area contributed by atoms with Gasteiger partial charge < -0.3 is 30.8 Å². The van der Waals surface area contributed by atoms with Crippen molar-refractivity contribution in [1.82, 2.24) is 15.0 Å². The molecule has 5 rings (SSSR count). The van der Waals surface area contributed by atoms with Crippen molar-refractivity contribution in [2.75, 3.05) is 30.9 Å². The summed E-state index contributed by atoms with van der Waals surface area (Å²) < 4.78 is 52.9. The van der Waals surface area contributed by atoms with Crippen molar-refractivity contribution >= 4 is 34.2 Å². The molecular weight excluding hydrogens is 475 g/mol. The van der Waals surface area contributed by atoms with E-state index in [0.29, 0.717) is 41.7 Å². The maximum atomic E-state index is 13.7. The Bertz CT molecular complexity index is 1330. The van der Waals surface area contributed by atoms with E-state index in [1.807, 2.05) is 0 Å². The van der Waals surface area contributed by atoms with E-state index in [-0.39, 0.29) is 28.8 Å². The molecule has 0 unspecified atom stereocenters. The van der Waals surface area contributed by atoms with Gasteiger partial charge >= 0.3 is 6.18 Å². The number of nitrogens with two attached hydrogens (primary N) is 1. The van der Waals surface area contributed by atoms with E-state index in [1.165, 1.54) is 6.20 Å². The molecule has 190 valence electrons. The van der Waals surface area contributed by atoms with Crippen molar-refractivity contribution in [2.45, 2.75) is 37.9 Å². The van der Waals surface area contributed by atoms with Crippen LogP contribution >= 0.6 is 0 Å². The lowest BCUT2D eigenvalue weighted by molar-refractivity contribution is -0.136. The van der Waals surface area contributed by atoms with E-state index < -0.39 is 11.7 Å². The second-order valence-corrected chi connectivity index (χ2v) is 8.55. The summed E-state index contributed by atoms with van der Waals surface area (Å²) in [5, 5.41) is 6.24. The highest BCUT2D eigenvalue weighted by Gasteiger charge is 2.36. The normalized spacial score (nSPS) is 16.7. The summed E-state index contributed by atoms with van der Waals surface area (Å²) in [6.45, 7) is 0.684. The van der Waals surface area contributed by atoms with Crippen LogP contribution in [0.5, 0.6) is 11.5 Å². The highest BCUT2D eigenvalue weighted by molar-refractivity contribution is 6.11. The van der Waals surface area contributed by atoms with Gasteiger partial charge in [-0.05, 0) is 37.3 Å². The fraction of sp³-hybridized carbons (Fsp3) is 0.375. The van der Waals surface area contributed by atoms with Crippen molar-refractivity contribution in [3.8, 4) is 11.5 Å². The van der Waals surface area contributed by atoms with Gasteiger partial charge in [-0.25, -0.2) is 0 Å². The first-order valence-corrected chi connectivity index (χ1v) is 11.7. The number of allylic oxidation sites excluding steroid dienone is 1. The monoisotopic (exact) mass is 501 g/mol. The summed E-state index contributed by atoms with van der Waals surface area (Å²) >= 11 is 0. The van der Waals surface area contributed by atoms with Crippen LogP contribution in [0.25, 0.3) is 11.0 Å². The Morgan fingerprint density at radius 3 is 2.61 bits per heavy atom. The Morgan fingerprint density at radius 1 is 1.17 bits per heavy atom. The molecule has 0 bridgehead atoms. The van der Waals surface area contributed by atoms with Crippen LogP contribution in [0.3, 0.4) is 0 Å². The van der Waals surface area contributed by atoms with Gasteiger partial charge in [0.15, 0.2) is 11.5 Å². The van der Waals surface area contributed by atoms with Crippen molar-refractivity contribution < 1.29 is 22.6 Å². The zero-order chi connectivity index (χ0) is 25.3. The molecule has 0 radical (unpaired) electrons. The molecule has 0 atom stereocenters. The van der Waals surface area contributed by atoms with Gasteiger partial charge in [-0.15, -0.1) is 0 Å². The number of aliphatic imine (C=N–C) groups is 1. The molecule has 1 aromatic carbocycles. The zero-order valence-electron chi connectivity index (χ0n) is 19.6. The van der Waals surface area contributed by atoms with E-state index in [4.69, 9.17) is 15.2 Å². The third-order valence-corrected chi connectivity index (χ3v) is 6.24. The number of halogens is 3. The van der Waals surface area contributed by atoms with Gasteiger partial charge in [-0.1, -0.05) is 12.8 Å². The number of H-pyrrole nitrogens is 1. The number of alkyl halides is 3. The molecule has 2 aromatic heterocycles. The fourth-order valence-corrected chi connectivity index (χ4v) is 4.61. The number of aromatic nitrogens is 3. The van der Waals surface area contributed by atoms with Crippen LogP contribution in [-0.4, -0.2) is 47.0 Å². The standard InChI is InChI=1S/C24H26F3N7O2/c1-29-16(8-9-28)14-6-7-17(20-19(14)35-10-11-36-20)32-23-33-21-18(15(12-30-21)24(25,26)27)22(34-23)31-13-4-2-3-5-13/h6-9,12-13H,2-5,10-11,28H2,1H3,(H3,30,31,32,33,34). The second kappa shape index (κ2) is 9.59. The average Bonchev–Trinajstić information content (AvgIpc) is 3.53. The quantitative estimate of drug-likeness (QED) is 0.360. The first-order valence-electron chi connectivity index (χ1n) is 11.7. The fourth-order valence-electron chi connectivity index (χ4n) is 4.61. The van der Waals surface area contributed by atoms with Gasteiger partial charge in [-0.3, -0.25) is 4.99 Å². The minimum absolute atomic E-state index is 0.0538. The molecule has 0 amide bonds. The summed E-state index contributed by atoms with van der Waals surface area (Å²) in [4.78, 5) is 15.7. The van der Waals surface area contributed by atoms with Crippen LogP contribution in [0.15, 0.2) is 35.6 Å². The Balaban J connectivity index is 1.57. The molecule has 36 heavy (non-hydrogen) atoms. The molecule has 0 saturated heterocycles. The number of ether oxygens (including phenoxy) is 2. The number of nitrogens with zero attached hydrogens (tertiary/aromatic N) is 3. The van der Waals surface area contributed by atoms with Gasteiger partial charge in [-0.2, -0.15) is 23.1 Å². The van der Waals surface area contributed by atoms with E-state index in [0.717, 1.165) is 31.9 Å². The Morgan fingerprint density at radius 2 is 1.92 bits per heavy atom. The third-order valence-electron chi connectivity index (χ3n) is 6.24. The number of aromatic amines is 1. The van der Waals surface area contributed by atoms with Crippen molar-refractivity contribution in [1.29, 1.82) is 0 Å². The van der Waals surface area contributed by atoms with E-state index in [1.54, 1.807) is 25.3 Å². The van der Waals surface area contributed by atoms with Crippen molar-refractivity contribution in [2.24, 2.45) is 10.7 Å². The maximum Gasteiger partial charge on any atom is 0.418 e.